The van der Waals surface area contributed by atoms with Gasteiger partial charge in [-0.3, -0.25) is 4.90 Å². The summed E-state index contributed by atoms with van der Waals surface area (Å²) in [4.78, 5) is 2.03. The second-order valence-corrected chi connectivity index (χ2v) is 7.47. The zero-order valence-electron chi connectivity index (χ0n) is 16.1. The summed E-state index contributed by atoms with van der Waals surface area (Å²) in [5.74, 6) is 2.31. The van der Waals surface area contributed by atoms with Crippen LogP contribution < -0.4 is 18.9 Å². The van der Waals surface area contributed by atoms with E-state index < -0.39 is 17.7 Å². The topological polar surface area (TPSA) is 80.6 Å². The van der Waals surface area contributed by atoms with Gasteiger partial charge in [0.25, 0.3) is 0 Å². The monoisotopic (exact) mass is 385 g/mol. The molecule has 0 amide bonds. The summed E-state index contributed by atoms with van der Waals surface area (Å²) in [5.41, 5.74) is 2.07. The maximum Gasteiger partial charge on any atom is 0.231 e. The van der Waals surface area contributed by atoms with Gasteiger partial charge in [-0.05, 0) is 48.4 Å². The van der Waals surface area contributed by atoms with Crippen LogP contribution in [0.15, 0.2) is 24.3 Å². The van der Waals surface area contributed by atoms with E-state index >= 15 is 0 Å². The number of ether oxygens (including phenoxy) is 4. The van der Waals surface area contributed by atoms with Gasteiger partial charge in [0.1, 0.15) is 17.7 Å². The standard InChI is InChI=1S/C21H23NO6/c1-22-7-6-11-8-15(25-2)16(26-3)9-13(11)21(22)19(23)12-4-5-14-18(28-10-27-14)17(12)20(21)24/h4-5,8-9,19-20,23-24H,6-7,10H2,1-3H3/t19-,20+,21+/m1/s1. The third-order valence-corrected chi connectivity index (χ3v) is 6.40. The van der Waals surface area contributed by atoms with Gasteiger partial charge >= 0.3 is 0 Å². The lowest BCUT2D eigenvalue weighted by atomic mass is 9.75. The van der Waals surface area contributed by atoms with Gasteiger partial charge in [0, 0.05) is 12.1 Å². The first-order chi connectivity index (χ1) is 13.5. The number of hydrogen-bond acceptors (Lipinski definition) is 7. The first kappa shape index (κ1) is 17.6. The van der Waals surface area contributed by atoms with Crippen LogP contribution in [0, 0.1) is 0 Å². The van der Waals surface area contributed by atoms with Gasteiger partial charge in [-0.15, -0.1) is 0 Å². The molecule has 2 heterocycles. The molecule has 148 valence electrons. The Bertz CT molecular complexity index is 960. The molecule has 2 N–H and O–H groups in total. The highest BCUT2D eigenvalue weighted by Gasteiger charge is 2.60. The molecule has 0 unspecified atom stereocenters. The van der Waals surface area contributed by atoms with E-state index in [4.69, 9.17) is 18.9 Å². The predicted octanol–water partition coefficient (Wildman–Crippen LogP) is 1.90. The number of benzene rings is 2. The van der Waals surface area contributed by atoms with Crippen LogP contribution in [0.4, 0.5) is 0 Å². The summed E-state index contributed by atoms with van der Waals surface area (Å²) in [7, 11) is 5.11. The quantitative estimate of drug-likeness (QED) is 0.817. The minimum atomic E-state index is -1.05. The number of rotatable bonds is 2. The van der Waals surface area contributed by atoms with Crippen molar-refractivity contribution < 1.29 is 29.2 Å². The van der Waals surface area contributed by atoms with Gasteiger partial charge in [-0.1, -0.05) is 6.07 Å². The molecule has 1 aliphatic carbocycles. The fraction of sp³-hybridized carbons (Fsp3) is 0.429. The van der Waals surface area contributed by atoms with Crippen LogP contribution in [0.1, 0.15) is 34.5 Å². The Morgan fingerprint density at radius 2 is 1.82 bits per heavy atom. The molecule has 2 aliphatic heterocycles. The van der Waals surface area contributed by atoms with Gasteiger partial charge in [-0.25, -0.2) is 0 Å². The molecule has 5 rings (SSSR count). The molecule has 0 fully saturated rings. The number of aliphatic hydroxyl groups excluding tert-OH is 2. The summed E-state index contributed by atoms with van der Waals surface area (Å²) in [6.45, 7) is 0.795. The summed E-state index contributed by atoms with van der Waals surface area (Å²) in [6.07, 6.45) is -1.15. The van der Waals surface area contributed by atoms with Gasteiger partial charge < -0.3 is 29.2 Å². The molecular formula is C21H23NO6. The Morgan fingerprint density at radius 3 is 2.57 bits per heavy atom. The minimum Gasteiger partial charge on any atom is -0.493 e. The molecular weight excluding hydrogens is 362 g/mol. The molecule has 0 saturated carbocycles. The summed E-state index contributed by atoms with van der Waals surface area (Å²) in [5, 5.41) is 23.1. The number of fused-ring (bicyclic) bond motifs is 5. The maximum absolute atomic E-state index is 11.6. The summed E-state index contributed by atoms with van der Waals surface area (Å²) < 4.78 is 22.1. The van der Waals surface area contributed by atoms with Crippen LogP contribution >= 0.6 is 0 Å². The zero-order valence-corrected chi connectivity index (χ0v) is 16.1. The molecule has 2 aromatic rings. The molecule has 0 bridgehead atoms. The van der Waals surface area contributed by atoms with Gasteiger partial charge in [-0.2, -0.15) is 0 Å². The van der Waals surface area contributed by atoms with Crippen LogP contribution in [0.3, 0.4) is 0 Å². The number of methoxy groups -OCH3 is 2. The molecule has 3 aliphatic rings. The fourth-order valence-corrected chi connectivity index (χ4v) is 5.03. The van der Waals surface area contributed by atoms with E-state index in [0.29, 0.717) is 40.7 Å². The van der Waals surface area contributed by atoms with E-state index in [2.05, 4.69) is 0 Å². The van der Waals surface area contributed by atoms with E-state index in [0.717, 1.165) is 17.5 Å². The highest BCUT2D eigenvalue weighted by Crippen LogP contribution is 2.62. The summed E-state index contributed by atoms with van der Waals surface area (Å²) >= 11 is 0. The van der Waals surface area contributed by atoms with E-state index in [-0.39, 0.29) is 6.79 Å². The maximum atomic E-state index is 11.6. The second-order valence-electron chi connectivity index (χ2n) is 7.47. The van der Waals surface area contributed by atoms with Gasteiger partial charge in [0.05, 0.1) is 14.2 Å². The van der Waals surface area contributed by atoms with E-state index in [1.165, 1.54) is 0 Å². The highest BCUT2D eigenvalue weighted by atomic mass is 16.7. The Kier molecular flexibility index (Phi) is 3.78. The third kappa shape index (κ3) is 1.98. The molecule has 7 heteroatoms. The number of nitrogens with zero attached hydrogens (tertiary/aromatic N) is 1. The number of likely N-dealkylation sites (N-methyl/N-ethyl adjacent to an activating group) is 1. The van der Waals surface area contributed by atoms with Crippen molar-refractivity contribution in [1.82, 2.24) is 4.90 Å². The average molecular weight is 385 g/mol. The molecule has 28 heavy (non-hydrogen) atoms. The number of aliphatic hydroxyl groups is 2. The third-order valence-electron chi connectivity index (χ3n) is 6.40. The molecule has 3 atom stereocenters. The Labute approximate surface area is 163 Å². The van der Waals surface area contributed by atoms with Crippen molar-refractivity contribution in [3.05, 3.63) is 46.5 Å². The lowest BCUT2D eigenvalue weighted by Crippen LogP contribution is -2.53. The van der Waals surface area contributed by atoms with Crippen LogP contribution in [-0.4, -0.2) is 49.7 Å². The first-order valence-corrected chi connectivity index (χ1v) is 9.29. The van der Waals surface area contributed by atoms with Crippen molar-refractivity contribution in [1.29, 1.82) is 0 Å². The minimum absolute atomic E-state index is 0.110. The van der Waals surface area contributed by atoms with Crippen molar-refractivity contribution in [3.8, 4) is 23.0 Å². The highest BCUT2D eigenvalue weighted by molar-refractivity contribution is 5.62. The molecule has 1 spiro atoms. The van der Waals surface area contributed by atoms with Gasteiger partial charge in [0.2, 0.25) is 6.79 Å². The fourth-order valence-electron chi connectivity index (χ4n) is 5.03. The molecule has 2 aromatic carbocycles. The van der Waals surface area contributed by atoms with Crippen LogP contribution in [0.5, 0.6) is 23.0 Å². The van der Waals surface area contributed by atoms with E-state index in [1.54, 1.807) is 20.3 Å². The molecule has 0 radical (unpaired) electrons. The smallest absolute Gasteiger partial charge is 0.231 e. The number of hydrogen-bond donors (Lipinski definition) is 2. The van der Waals surface area contributed by atoms with Crippen LogP contribution in [0.25, 0.3) is 0 Å². The first-order valence-electron chi connectivity index (χ1n) is 9.29. The van der Waals surface area contributed by atoms with Crippen molar-refractivity contribution in [2.75, 3.05) is 34.6 Å². The van der Waals surface area contributed by atoms with Crippen molar-refractivity contribution >= 4 is 0 Å². The predicted molar refractivity (Wildman–Crippen MR) is 100 cm³/mol. The largest absolute Gasteiger partial charge is 0.493 e. The zero-order chi connectivity index (χ0) is 19.6. The van der Waals surface area contributed by atoms with Crippen molar-refractivity contribution in [2.24, 2.45) is 0 Å². The van der Waals surface area contributed by atoms with E-state index in [1.807, 2.05) is 30.1 Å². The Morgan fingerprint density at radius 1 is 1.07 bits per heavy atom. The second kappa shape index (κ2) is 6.01. The van der Waals surface area contributed by atoms with Crippen molar-refractivity contribution in [2.45, 2.75) is 24.2 Å². The molecule has 0 aromatic heterocycles. The van der Waals surface area contributed by atoms with Gasteiger partial charge in [0.15, 0.2) is 23.0 Å². The lowest BCUT2D eigenvalue weighted by Gasteiger charge is -2.48. The Balaban J connectivity index is 1.76. The molecule has 7 nitrogen and oxygen atoms in total. The Hall–Kier alpha value is -2.48. The van der Waals surface area contributed by atoms with E-state index in [9.17, 15) is 10.2 Å². The SMILES string of the molecule is COc1cc2c(cc1OC)[C@@]1([C@H](O)c3ccc4c(c3[C@@H]1O)OCO4)N(C)CC2. The van der Waals surface area contributed by atoms with Crippen LogP contribution in [-0.2, 0) is 12.0 Å². The summed E-state index contributed by atoms with van der Waals surface area (Å²) in [6, 6.07) is 7.41. The normalized spacial score (nSPS) is 27.6. The van der Waals surface area contributed by atoms with Crippen LogP contribution in [0.2, 0.25) is 0 Å². The average Bonchev–Trinajstić information content (AvgIpc) is 3.27. The van der Waals surface area contributed by atoms with Crippen molar-refractivity contribution in [3.63, 3.8) is 0 Å². The molecule has 0 saturated heterocycles. The lowest BCUT2D eigenvalue weighted by molar-refractivity contribution is -0.0951.